The smallest absolute Gasteiger partial charge is 0.183 e. The molecule has 3 nitrogen and oxygen atoms in total. The van der Waals surface area contributed by atoms with E-state index in [1.807, 2.05) is 6.07 Å². The fourth-order valence-electron chi connectivity index (χ4n) is 2.85. The number of thiazole rings is 1. The van der Waals surface area contributed by atoms with Crippen LogP contribution in [0, 0.1) is 20.8 Å². The van der Waals surface area contributed by atoms with E-state index in [4.69, 9.17) is 4.74 Å². The number of nitrogens with zero attached hydrogens (tertiary/aromatic N) is 1. The number of rotatable bonds is 7. The average Bonchev–Trinajstić information content (AvgIpc) is 2.97. The van der Waals surface area contributed by atoms with Crippen molar-refractivity contribution in [3.8, 4) is 5.75 Å². The van der Waals surface area contributed by atoms with E-state index in [1.165, 1.54) is 21.6 Å². The van der Waals surface area contributed by atoms with Crippen LogP contribution in [0.2, 0.25) is 0 Å². The Morgan fingerprint density at radius 2 is 1.77 bits per heavy atom. The lowest BCUT2D eigenvalue weighted by Gasteiger charge is -2.18. The van der Waals surface area contributed by atoms with Gasteiger partial charge in [-0.15, -0.1) is 11.3 Å². The average molecular weight is 367 g/mol. The summed E-state index contributed by atoms with van der Waals surface area (Å²) in [6.45, 7) is 9.92. The van der Waals surface area contributed by atoms with Crippen LogP contribution in [0.3, 0.4) is 0 Å². The molecule has 0 aliphatic heterocycles. The number of ether oxygens (including phenoxy) is 1. The van der Waals surface area contributed by atoms with Crippen LogP contribution in [0.1, 0.15) is 40.1 Å². The third kappa shape index (κ3) is 4.44. The number of benzene rings is 2. The highest BCUT2D eigenvalue weighted by molar-refractivity contribution is 7.15. The van der Waals surface area contributed by atoms with Gasteiger partial charge in [0.1, 0.15) is 12.4 Å². The Bertz CT molecular complexity index is 853. The first kappa shape index (κ1) is 18.5. The molecule has 0 saturated carbocycles. The van der Waals surface area contributed by atoms with Crippen molar-refractivity contribution in [1.82, 2.24) is 4.98 Å². The van der Waals surface area contributed by atoms with Gasteiger partial charge < -0.3 is 10.1 Å². The Morgan fingerprint density at radius 1 is 1.04 bits per heavy atom. The van der Waals surface area contributed by atoms with Crippen molar-refractivity contribution in [3.63, 3.8) is 0 Å². The van der Waals surface area contributed by atoms with Gasteiger partial charge in [0.2, 0.25) is 0 Å². The minimum absolute atomic E-state index is 0.326. The first-order valence-electron chi connectivity index (χ1n) is 8.98. The molecule has 2 aromatic carbocycles. The molecule has 26 heavy (non-hydrogen) atoms. The quantitative estimate of drug-likeness (QED) is 0.568. The maximum absolute atomic E-state index is 6.16. The van der Waals surface area contributed by atoms with Gasteiger partial charge in [0.05, 0.1) is 5.69 Å². The van der Waals surface area contributed by atoms with Gasteiger partial charge in [0, 0.05) is 17.3 Å². The Labute approximate surface area is 160 Å². The summed E-state index contributed by atoms with van der Waals surface area (Å²) >= 11 is 1.71. The van der Waals surface area contributed by atoms with E-state index in [0.29, 0.717) is 12.5 Å². The molecule has 0 fully saturated rings. The third-order valence-corrected chi connectivity index (χ3v) is 5.71. The second kappa shape index (κ2) is 8.37. The van der Waals surface area contributed by atoms with E-state index in [1.54, 1.807) is 11.3 Å². The molecule has 4 heteroatoms. The van der Waals surface area contributed by atoms with E-state index in [9.17, 15) is 0 Å². The van der Waals surface area contributed by atoms with Gasteiger partial charge in [-0.1, -0.05) is 49.4 Å². The van der Waals surface area contributed by atoms with E-state index in [2.05, 4.69) is 80.5 Å². The topological polar surface area (TPSA) is 34.1 Å². The second-order valence-electron chi connectivity index (χ2n) is 6.70. The molecule has 136 valence electrons. The molecule has 0 radical (unpaired) electrons. The van der Waals surface area contributed by atoms with Crippen LogP contribution in [0.5, 0.6) is 5.75 Å². The van der Waals surface area contributed by atoms with Crippen molar-refractivity contribution in [3.05, 3.63) is 75.8 Å². The largest absolute Gasteiger partial charge is 0.489 e. The number of anilines is 1. The van der Waals surface area contributed by atoms with Crippen molar-refractivity contribution in [1.29, 1.82) is 0 Å². The van der Waals surface area contributed by atoms with Crippen LogP contribution < -0.4 is 10.1 Å². The van der Waals surface area contributed by atoms with Crippen molar-refractivity contribution in [2.24, 2.45) is 0 Å². The number of hydrogen-bond donors (Lipinski definition) is 1. The molecule has 1 heterocycles. The fraction of sp³-hybridized carbons (Fsp3) is 0.318. The summed E-state index contributed by atoms with van der Waals surface area (Å²) < 4.78 is 6.16. The molecule has 0 spiro atoms. The van der Waals surface area contributed by atoms with Crippen molar-refractivity contribution < 1.29 is 4.74 Å². The number of para-hydroxylation sites is 1. The highest BCUT2D eigenvalue weighted by Crippen LogP contribution is 2.29. The summed E-state index contributed by atoms with van der Waals surface area (Å²) in [5.74, 6) is 1.28. The standard InChI is InChI=1S/C22H26N2OS/c1-15-9-5-6-10-19(15)14-25-21-12-8-7-11-20(21)16(2)13-23-22-24-17(3)18(4)26-22/h5-12,16H,13-14H2,1-4H3,(H,23,24). The molecule has 0 bridgehead atoms. The van der Waals surface area contributed by atoms with Crippen LogP contribution >= 0.6 is 11.3 Å². The minimum atomic E-state index is 0.326. The molecule has 0 saturated heterocycles. The first-order valence-corrected chi connectivity index (χ1v) is 9.80. The van der Waals surface area contributed by atoms with Crippen LogP contribution in [0.4, 0.5) is 5.13 Å². The zero-order valence-corrected chi connectivity index (χ0v) is 16.7. The maximum atomic E-state index is 6.16. The molecule has 0 aliphatic carbocycles. The predicted molar refractivity (Wildman–Crippen MR) is 110 cm³/mol. The van der Waals surface area contributed by atoms with Crippen LogP contribution in [-0.4, -0.2) is 11.5 Å². The van der Waals surface area contributed by atoms with Crippen LogP contribution in [0.25, 0.3) is 0 Å². The molecule has 1 atom stereocenters. The van der Waals surface area contributed by atoms with E-state index in [0.717, 1.165) is 23.1 Å². The van der Waals surface area contributed by atoms with Gasteiger partial charge in [0.15, 0.2) is 5.13 Å². The van der Waals surface area contributed by atoms with Crippen LogP contribution in [0.15, 0.2) is 48.5 Å². The highest BCUT2D eigenvalue weighted by atomic mass is 32.1. The third-order valence-electron chi connectivity index (χ3n) is 4.68. The zero-order chi connectivity index (χ0) is 18.5. The second-order valence-corrected chi connectivity index (χ2v) is 7.90. The van der Waals surface area contributed by atoms with E-state index < -0.39 is 0 Å². The number of aryl methyl sites for hydroxylation is 3. The minimum Gasteiger partial charge on any atom is -0.489 e. The lowest BCUT2D eigenvalue weighted by molar-refractivity contribution is 0.301. The number of nitrogens with one attached hydrogen (secondary N) is 1. The van der Waals surface area contributed by atoms with E-state index >= 15 is 0 Å². The molecule has 1 aromatic heterocycles. The zero-order valence-electron chi connectivity index (χ0n) is 15.9. The van der Waals surface area contributed by atoms with Gasteiger partial charge in [-0.25, -0.2) is 4.98 Å². The molecule has 0 aliphatic rings. The molecule has 3 rings (SSSR count). The fourth-order valence-corrected chi connectivity index (χ4v) is 3.67. The maximum Gasteiger partial charge on any atom is 0.183 e. The lowest BCUT2D eigenvalue weighted by atomic mass is 10.00. The highest BCUT2D eigenvalue weighted by Gasteiger charge is 2.13. The van der Waals surface area contributed by atoms with Gasteiger partial charge in [-0.2, -0.15) is 0 Å². The van der Waals surface area contributed by atoms with Crippen molar-refractivity contribution in [2.75, 3.05) is 11.9 Å². The molecular weight excluding hydrogens is 340 g/mol. The van der Waals surface area contributed by atoms with Gasteiger partial charge in [0.25, 0.3) is 0 Å². The Morgan fingerprint density at radius 3 is 2.50 bits per heavy atom. The summed E-state index contributed by atoms with van der Waals surface area (Å²) in [7, 11) is 0. The molecule has 3 aromatic rings. The molecule has 1 N–H and O–H groups in total. The van der Waals surface area contributed by atoms with Crippen molar-refractivity contribution in [2.45, 2.75) is 40.2 Å². The number of aromatic nitrogens is 1. The molecule has 0 amide bonds. The first-order chi connectivity index (χ1) is 12.5. The van der Waals surface area contributed by atoms with Gasteiger partial charge in [-0.05, 0) is 43.5 Å². The summed E-state index contributed by atoms with van der Waals surface area (Å²) in [4.78, 5) is 5.83. The van der Waals surface area contributed by atoms with Gasteiger partial charge in [-0.3, -0.25) is 0 Å². The Balaban J connectivity index is 1.66. The molecule has 1 unspecified atom stereocenters. The summed E-state index contributed by atoms with van der Waals surface area (Å²) in [5.41, 5.74) is 4.81. The monoisotopic (exact) mass is 366 g/mol. The van der Waals surface area contributed by atoms with Gasteiger partial charge >= 0.3 is 0 Å². The summed E-state index contributed by atoms with van der Waals surface area (Å²) in [6, 6.07) is 16.7. The summed E-state index contributed by atoms with van der Waals surface area (Å²) in [5, 5.41) is 4.46. The molecular formula is C22H26N2OS. The van der Waals surface area contributed by atoms with Crippen LogP contribution in [-0.2, 0) is 6.61 Å². The SMILES string of the molecule is Cc1ccccc1COc1ccccc1C(C)CNc1nc(C)c(C)s1. The normalized spacial score (nSPS) is 12.0. The predicted octanol–water partition coefficient (Wildman–Crippen LogP) is 5.86. The Hall–Kier alpha value is -2.33. The number of hydrogen-bond acceptors (Lipinski definition) is 4. The Kier molecular flexibility index (Phi) is 5.94. The van der Waals surface area contributed by atoms with E-state index in [-0.39, 0.29) is 0 Å². The lowest BCUT2D eigenvalue weighted by Crippen LogP contribution is -2.11. The summed E-state index contributed by atoms with van der Waals surface area (Å²) in [6.07, 6.45) is 0. The van der Waals surface area contributed by atoms with Crippen molar-refractivity contribution >= 4 is 16.5 Å².